The van der Waals surface area contributed by atoms with Gasteiger partial charge in [-0.05, 0) is 12.8 Å². The Kier molecular flexibility index (Phi) is 21.1. The molecule has 0 amide bonds. The van der Waals surface area contributed by atoms with Crippen LogP contribution in [-0.4, -0.2) is 23.5 Å². The van der Waals surface area contributed by atoms with E-state index in [-0.39, 0.29) is 36.0 Å². The third-order valence-electron chi connectivity index (χ3n) is 4.39. The van der Waals surface area contributed by atoms with E-state index in [1.165, 1.54) is 70.6 Å². The van der Waals surface area contributed by atoms with E-state index in [1.54, 1.807) is 0 Å². The van der Waals surface area contributed by atoms with Crippen LogP contribution in [0.3, 0.4) is 0 Å². The van der Waals surface area contributed by atoms with Crippen molar-refractivity contribution in [3.63, 3.8) is 0 Å². The molecular formula is C18H37NaO4S. The number of rotatable bonds is 17. The minimum Gasteiger partial charge on any atom is -0.746 e. The van der Waals surface area contributed by atoms with E-state index in [0.29, 0.717) is 6.42 Å². The molecule has 6 heteroatoms. The molecule has 140 valence electrons. The van der Waals surface area contributed by atoms with Gasteiger partial charge in [-0.2, -0.15) is 0 Å². The first-order valence-corrected chi connectivity index (χ1v) is 11.1. The second kappa shape index (κ2) is 18.7. The first-order valence-electron chi connectivity index (χ1n) is 9.61. The summed E-state index contributed by atoms with van der Waals surface area (Å²) in [4.78, 5) is 0. The van der Waals surface area contributed by atoms with E-state index in [0.717, 1.165) is 19.3 Å². The second-order valence-corrected chi connectivity index (χ2v) is 8.22. The van der Waals surface area contributed by atoms with Gasteiger partial charge in [-0.1, -0.05) is 96.8 Å². The monoisotopic (exact) mass is 372 g/mol. The van der Waals surface area contributed by atoms with Crippen molar-refractivity contribution in [2.45, 2.75) is 115 Å². The smallest absolute Gasteiger partial charge is 0.746 e. The topological polar surface area (TPSA) is 77.4 Å². The summed E-state index contributed by atoms with van der Waals surface area (Å²) in [5.41, 5.74) is -1.72. The van der Waals surface area contributed by atoms with Crippen molar-refractivity contribution in [1.82, 2.24) is 0 Å². The molecule has 24 heavy (non-hydrogen) atoms. The van der Waals surface area contributed by atoms with Crippen molar-refractivity contribution >= 4 is 10.1 Å². The first kappa shape index (κ1) is 27.1. The molecular weight excluding hydrogens is 335 g/mol. The predicted molar refractivity (Wildman–Crippen MR) is 95.3 cm³/mol. The van der Waals surface area contributed by atoms with Crippen LogP contribution in [0.4, 0.5) is 0 Å². The summed E-state index contributed by atoms with van der Waals surface area (Å²) < 4.78 is 31.5. The van der Waals surface area contributed by atoms with Gasteiger partial charge in [-0.25, -0.2) is 8.42 Å². The molecule has 0 fully saturated rings. The third kappa shape index (κ3) is 19.2. The molecule has 1 atom stereocenters. The standard InChI is InChI=1S/C18H38O4S.Na/c1-2-3-4-5-6-7-8-9-10-11-12-13-14-15-16-17-18(19)23(20,21)22;/h18-19H,2-17H2,1H3,(H,20,21,22);/q;+1/p-1. The van der Waals surface area contributed by atoms with Crippen molar-refractivity contribution < 1.29 is 47.6 Å². The SMILES string of the molecule is CCCCCCCCCCCCCCCCCC(O)S(=O)(=O)[O-].[Na+]. The molecule has 0 aliphatic rings. The summed E-state index contributed by atoms with van der Waals surface area (Å²) in [5.74, 6) is 0. The average molecular weight is 373 g/mol. The van der Waals surface area contributed by atoms with Crippen LogP contribution in [-0.2, 0) is 10.1 Å². The van der Waals surface area contributed by atoms with Crippen LogP contribution in [0.1, 0.15) is 110 Å². The van der Waals surface area contributed by atoms with E-state index < -0.39 is 15.6 Å². The minimum absolute atomic E-state index is 0. The predicted octanol–water partition coefficient (Wildman–Crippen LogP) is 2.12. The number of hydrogen-bond acceptors (Lipinski definition) is 4. The Morgan fingerprint density at radius 1 is 0.708 bits per heavy atom. The fourth-order valence-electron chi connectivity index (χ4n) is 2.83. The van der Waals surface area contributed by atoms with Crippen LogP contribution in [0.15, 0.2) is 0 Å². The Hall–Kier alpha value is 0.870. The van der Waals surface area contributed by atoms with Crippen LogP contribution in [0, 0.1) is 0 Å². The van der Waals surface area contributed by atoms with Gasteiger partial charge in [0.25, 0.3) is 0 Å². The second-order valence-electron chi connectivity index (χ2n) is 6.69. The molecule has 0 aromatic heterocycles. The largest absolute Gasteiger partial charge is 1.00 e. The molecule has 0 bridgehead atoms. The average Bonchev–Trinajstić information content (AvgIpc) is 2.50. The van der Waals surface area contributed by atoms with Crippen molar-refractivity contribution in [3.8, 4) is 0 Å². The molecule has 0 saturated heterocycles. The van der Waals surface area contributed by atoms with Gasteiger partial charge in [0.15, 0.2) is 0 Å². The van der Waals surface area contributed by atoms with E-state index >= 15 is 0 Å². The van der Waals surface area contributed by atoms with Crippen molar-refractivity contribution in [1.29, 1.82) is 0 Å². The maximum absolute atomic E-state index is 10.5. The van der Waals surface area contributed by atoms with E-state index in [1.807, 2.05) is 0 Å². The summed E-state index contributed by atoms with van der Waals surface area (Å²) in [6, 6.07) is 0. The summed E-state index contributed by atoms with van der Waals surface area (Å²) in [6.07, 6.45) is 18.6. The van der Waals surface area contributed by atoms with Crippen LogP contribution in [0.25, 0.3) is 0 Å². The molecule has 4 nitrogen and oxygen atoms in total. The molecule has 0 heterocycles. The van der Waals surface area contributed by atoms with Gasteiger partial charge in [-0.3, -0.25) is 0 Å². The van der Waals surface area contributed by atoms with Gasteiger partial charge in [0.2, 0.25) is 0 Å². The van der Waals surface area contributed by atoms with Gasteiger partial charge in [0.1, 0.15) is 15.6 Å². The first-order chi connectivity index (χ1) is 11.0. The summed E-state index contributed by atoms with van der Waals surface area (Å²) in [5, 5.41) is 9.09. The van der Waals surface area contributed by atoms with Crippen LogP contribution in [0.2, 0.25) is 0 Å². The van der Waals surface area contributed by atoms with Gasteiger partial charge < -0.3 is 9.66 Å². The molecule has 0 saturated carbocycles. The van der Waals surface area contributed by atoms with Gasteiger partial charge in [0, 0.05) is 0 Å². The summed E-state index contributed by atoms with van der Waals surface area (Å²) in [7, 11) is -4.52. The van der Waals surface area contributed by atoms with Gasteiger partial charge >= 0.3 is 29.6 Å². The third-order valence-corrected chi connectivity index (χ3v) is 5.29. The van der Waals surface area contributed by atoms with E-state index in [9.17, 15) is 13.0 Å². The maximum atomic E-state index is 10.5. The molecule has 0 aromatic rings. The van der Waals surface area contributed by atoms with Crippen LogP contribution < -0.4 is 29.6 Å². The zero-order chi connectivity index (χ0) is 17.4. The van der Waals surface area contributed by atoms with Crippen molar-refractivity contribution in [2.75, 3.05) is 0 Å². The fourth-order valence-corrected chi connectivity index (χ4v) is 3.29. The van der Waals surface area contributed by atoms with Gasteiger partial charge in [0.05, 0.1) is 0 Å². The molecule has 0 aliphatic carbocycles. The van der Waals surface area contributed by atoms with Crippen molar-refractivity contribution in [3.05, 3.63) is 0 Å². The number of hydrogen-bond donors (Lipinski definition) is 1. The number of unbranched alkanes of at least 4 members (excludes halogenated alkanes) is 14. The van der Waals surface area contributed by atoms with Gasteiger partial charge in [-0.15, -0.1) is 0 Å². The summed E-state index contributed by atoms with van der Waals surface area (Å²) in [6.45, 7) is 2.25. The molecule has 0 aromatic carbocycles. The number of aliphatic hydroxyl groups excluding tert-OH is 1. The molecule has 0 radical (unpaired) electrons. The normalized spacial score (nSPS) is 12.8. The maximum Gasteiger partial charge on any atom is 1.00 e. The Morgan fingerprint density at radius 3 is 1.29 bits per heavy atom. The Bertz CT molecular complexity index is 347. The zero-order valence-electron chi connectivity index (χ0n) is 16.0. The number of aliphatic hydroxyl groups is 1. The quantitative estimate of drug-likeness (QED) is 0.241. The fraction of sp³-hybridized carbons (Fsp3) is 1.00. The molecule has 0 rings (SSSR count). The zero-order valence-corrected chi connectivity index (χ0v) is 18.8. The van der Waals surface area contributed by atoms with E-state index in [2.05, 4.69) is 6.92 Å². The van der Waals surface area contributed by atoms with Crippen LogP contribution in [0.5, 0.6) is 0 Å². The van der Waals surface area contributed by atoms with E-state index in [4.69, 9.17) is 5.11 Å². The molecule has 1 unspecified atom stereocenters. The molecule has 0 spiro atoms. The minimum atomic E-state index is -4.52. The Labute approximate surface area is 172 Å². The summed E-state index contributed by atoms with van der Waals surface area (Å²) >= 11 is 0. The van der Waals surface area contributed by atoms with Crippen LogP contribution >= 0.6 is 0 Å². The Balaban J connectivity index is 0. The Morgan fingerprint density at radius 2 is 1.00 bits per heavy atom. The van der Waals surface area contributed by atoms with Crippen molar-refractivity contribution in [2.24, 2.45) is 0 Å². The molecule has 0 aliphatic heterocycles. The molecule has 1 N–H and O–H groups in total.